The van der Waals surface area contributed by atoms with E-state index in [4.69, 9.17) is 19.7 Å². The normalized spacial score (nSPS) is 12.0. The zero-order valence-electron chi connectivity index (χ0n) is 23.7. The number of nitrogens with one attached hydrogen (secondary N) is 3. The van der Waals surface area contributed by atoms with Crippen LogP contribution in [0.1, 0.15) is 51.4 Å². The lowest BCUT2D eigenvalue weighted by atomic mass is 10.1. The molecule has 1 atom stereocenters. The third-order valence-electron chi connectivity index (χ3n) is 6.00. The Morgan fingerprint density at radius 1 is 1.21 bits per heavy atom. The molecule has 0 aliphatic heterocycles. The number of H-pyrrole nitrogens is 1. The van der Waals surface area contributed by atoms with Gasteiger partial charge in [0.05, 0.1) is 23.3 Å². The minimum Gasteiger partial charge on any atom is -0.426 e. The van der Waals surface area contributed by atoms with Crippen molar-refractivity contribution in [3.05, 3.63) is 64.7 Å². The Hall–Kier alpha value is -5.80. The van der Waals surface area contributed by atoms with Crippen LogP contribution in [0.25, 0.3) is 0 Å². The number of amides is 4. The molecular formula is C27H30N8O8. The number of hydrogen-bond acceptors (Lipinski definition) is 10. The number of imide groups is 1. The first kappa shape index (κ1) is 31.7. The number of aromatic nitrogens is 2. The van der Waals surface area contributed by atoms with Gasteiger partial charge in [0.15, 0.2) is 11.7 Å². The molecule has 4 amide bonds. The Morgan fingerprint density at radius 2 is 1.98 bits per heavy atom. The molecule has 5 N–H and O–H groups in total. The molecule has 0 spiro atoms. The van der Waals surface area contributed by atoms with Gasteiger partial charge in [-0.1, -0.05) is 11.2 Å². The average molecular weight is 595 g/mol. The summed E-state index contributed by atoms with van der Waals surface area (Å²) in [5.41, 5.74) is 7.85. The maximum absolute atomic E-state index is 13.3. The number of ether oxygens (including phenoxy) is 2. The van der Waals surface area contributed by atoms with E-state index in [2.05, 4.69) is 30.8 Å². The summed E-state index contributed by atoms with van der Waals surface area (Å²) in [5.74, 6) is -1.62. The Morgan fingerprint density at radius 3 is 2.63 bits per heavy atom. The van der Waals surface area contributed by atoms with Crippen LogP contribution in [0.3, 0.4) is 0 Å². The number of aromatic amines is 1. The fourth-order valence-electron chi connectivity index (χ4n) is 3.63. The average Bonchev–Trinajstić information content (AvgIpc) is 3.63. The molecule has 3 aromatic rings. The van der Waals surface area contributed by atoms with Crippen LogP contribution >= 0.6 is 0 Å². The van der Waals surface area contributed by atoms with Crippen molar-refractivity contribution in [2.45, 2.75) is 33.7 Å². The van der Waals surface area contributed by atoms with Crippen LogP contribution in [-0.2, 0) is 19.1 Å². The fourth-order valence-corrected chi connectivity index (χ4v) is 3.63. The summed E-state index contributed by atoms with van der Waals surface area (Å²) >= 11 is 0. The highest BCUT2D eigenvalue weighted by Gasteiger charge is 2.27. The van der Waals surface area contributed by atoms with Crippen molar-refractivity contribution < 1.29 is 38.0 Å². The van der Waals surface area contributed by atoms with Gasteiger partial charge in [0.25, 0.3) is 11.8 Å². The lowest BCUT2D eigenvalue weighted by molar-refractivity contribution is -0.154. The van der Waals surface area contributed by atoms with E-state index in [1.54, 1.807) is 39.0 Å². The van der Waals surface area contributed by atoms with Gasteiger partial charge in [0.1, 0.15) is 12.3 Å². The molecule has 0 aliphatic rings. The van der Waals surface area contributed by atoms with Crippen LogP contribution in [0.15, 0.2) is 51.2 Å². The highest BCUT2D eigenvalue weighted by Crippen LogP contribution is 2.24. The van der Waals surface area contributed by atoms with E-state index in [1.165, 1.54) is 25.5 Å². The van der Waals surface area contributed by atoms with Gasteiger partial charge >= 0.3 is 12.1 Å². The number of amidine groups is 1. The number of aryl methyl sites for hydroxylation is 1. The number of rotatable bonds is 11. The zero-order chi connectivity index (χ0) is 31.5. The number of hydrogen-bond donors (Lipinski definition) is 4. The van der Waals surface area contributed by atoms with Crippen molar-refractivity contribution in [2.75, 3.05) is 18.7 Å². The number of carbonyl (C=O) groups excluding carboxylic acids is 5. The van der Waals surface area contributed by atoms with Gasteiger partial charge in [-0.15, -0.1) is 0 Å². The Bertz CT molecular complexity index is 1540. The highest BCUT2D eigenvalue weighted by atomic mass is 16.7. The molecule has 226 valence electrons. The van der Waals surface area contributed by atoms with Gasteiger partial charge in [-0.2, -0.15) is 0 Å². The summed E-state index contributed by atoms with van der Waals surface area (Å²) in [7, 11) is 0. The number of aliphatic imine (C=N–C) groups is 2. The minimum absolute atomic E-state index is 0.0566. The van der Waals surface area contributed by atoms with Crippen molar-refractivity contribution in [1.29, 1.82) is 0 Å². The Balaban J connectivity index is 1.81. The van der Waals surface area contributed by atoms with Gasteiger partial charge in [0, 0.05) is 24.4 Å². The van der Waals surface area contributed by atoms with Crippen LogP contribution in [-0.4, -0.2) is 76.9 Å². The van der Waals surface area contributed by atoms with Crippen LogP contribution in [0.2, 0.25) is 0 Å². The van der Waals surface area contributed by atoms with Gasteiger partial charge in [-0.25, -0.2) is 24.5 Å². The predicted molar refractivity (Wildman–Crippen MR) is 153 cm³/mol. The second-order valence-electron chi connectivity index (χ2n) is 8.80. The molecule has 0 fully saturated rings. The van der Waals surface area contributed by atoms with Gasteiger partial charge < -0.3 is 35.3 Å². The summed E-state index contributed by atoms with van der Waals surface area (Å²) in [5, 5.41) is 8.47. The minimum atomic E-state index is -1.05. The smallest absolute Gasteiger partial charge is 0.419 e. The Labute approximate surface area is 245 Å². The van der Waals surface area contributed by atoms with Crippen molar-refractivity contribution in [3.63, 3.8) is 0 Å². The van der Waals surface area contributed by atoms with Crippen molar-refractivity contribution >= 4 is 54.0 Å². The van der Waals surface area contributed by atoms with Crippen LogP contribution in [0.5, 0.6) is 0 Å². The molecule has 2 aromatic heterocycles. The number of esters is 1. The highest BCUT2D eigenvalue weighted by molar-refractivity contribution is 6.09. The molecule has 0 bridgehead atoms. The number of anilines is 1. The van der Waals surface area contributed by atoms with Crippen LogP contribution < -0.4 is 16.4 Å². The number of nitrogens with two attached hydrogens (primary N) is 1. The number of carbonyl (C=O) groups is 5. The summed E-state index contributed by atoms with van der Waals surface area (Å²) in [4.78, 5) is 73.2. The van der Waals surface area contributed by atoms with E-state index in [1.807, 2.05) is 0 Å². The van der Waals surface area contributed by atoms with Crippen LogP contribution in [0, 0.1) is 13.8 Å². The number of benzene rings is 1. The summed E-state index contributed by atoms with van der Waals surface area (Å²) in [6.45, 7) is 5.54. The fraction of sp³-hybridized carbons (Fsp3) is 0.259. The molecule has 43 heavy (non-hydrogen) atoms. The van der Waals surface area contributed by atoms with E-state index in [9.17, 15) is 24.0 Å². The largest absolute Gasteiger partial charge is 0.426 e. The first-order chi connectivity index (χ1) is 20.6. The molecular weight excluding hydrogens is 564 g/mol. The molecule has 1 aromatic carbocycles. The maximum Gasteiger partial charge on any atom is 0.419 e. The summed E-state index contributed by atoms with van der Waals surface area (Å²) in [6, 6.07) is 5.43. The third kappa shape index (κ3) is 7.90. The summed E-state index contributed by atoms with van der Waals surface area (Å²) in [6.07, 6.45) is 3.01. The monoisotopic (exact) mass is 594 g/mol. The quantitative estimate of drug-likeness (QED) is 0.0832. The molecule has 2 heterocycles. The zero-order valence-corrected chi connectivity index (χ0v) is 23.7. The molecule has 0 radical (unpaired) electrons. The molecule has 0 aliphatic carbocycles. The first-order valence-corrected chi connectivity index (χ1v) is 12.8. The predicted octanol–water partition coefficient (Wildman–Crippen LogP) is 2.17. The van der Waals surface area contributed by atoms with Crippen molar-refractivity contribution in [1.82, 2.24) is 20.4 Å². The molecule has 0 saturated heterocycles. The molecule has 16 nitrogen and oxygen atoms in total. The first-order valence-electron chi connectivity index (χ1n) is 12.8. The molecule has 1 unspecified atom stereocenters. The van der Waals surface area contributed by atoms with E-state index in [-0.39, 0.29) is 23.8 Å². The second-order valence-corrected chi connectivity index (χ2v) is 8.80. The summed E-state index contributed by atoms with van der Waals surface area (Å²) < 4.78 is 14.4. The lowest BCUT2D eigenvalue weighted by Crippen LogP contribution is -2.39. The van der Waals surface area contributed by atoms with E-state index >= 15 is 0 Å². The van der Waals surface area contributed by atoms with Gasteiger partial charge in [0.2, 0.25) is 13.2 Å². The van der Waals surface area contributed by atoms with Crippen LogP contribution in [0.4, 0.5) is 16.3 Å². The van der Waals surface area contributed by atoms with E-state index in [0.29, 0.717) is 28.9 Å². The standard InChI is InChI=1S/C27H30N8O8/c1-5-35(27(40)42-14-41-26(39)17(4)31-13-36)25(38)19-11-29-22(16(19)3)23(30-12-28)32-20-10-18(7-6-15(20)2)24(37)33-21-8-9-43-34-21/h6-13,17,29H,5,14H2,1-4H3,(H,31,36)(H2,28,30,32)(H,33,34,37). The molecule has 0 saturated carbocycles. The Kier molecular flexibility index (Phi) is 10.9. The maximum atomic E-state index is 13.3. The number of nitrogens with zero attached hydrogens (tertiary/aromatic N) is 4. The topological polar surface area (TPSA) is 224 Å². The molecule has 16 heteroatoms. The second kappa shape index (κ2) is 14.7. The lowest BCUT2D eigenvalue weighted by Gasteiger charge is -2.19. The SMILES string of the molecule is CCN(C(=O)OCOC(=O)C(C)NC=O)C(=O)c1c[nH]c(C(N=CN)=Nc2cc(C(=O)Nc3ccon3)ccc2C)c1C. The molecule has 3 rings (SSSR count). The van der Waals surface area contributed by atoms with Gasteiger partial charge in [-0.05, 0) is 51.0 Å². The third-order valence-corrected chi connectivity index (χ3v) is 6.00. The van der Waals surface area contributed by atoms with E-state index < -0.39 is 36.7 Å². The van der Waals surface area contributed by atoms with Crippen molar-refractivity contribution in [3.8, 4) is 0 Å². The van der Waals surface area contributed by atoms with E-state index in [0.717, 1.165) is 16.8 Å². The van der Waals surface area contributed by atoms with Crippen molar-refractivity contribution in [2.24, 2.45) is 15.7 Å². The van der Waals surface area contributed by atoms with Gasteiger partial charge in [-0.3, -0.25) is 14.4 Å².